The molecule has 0 aliphatic rings. The van der Waals surface area contributed by atoms with Crippen LogP contribution in [0.15, 0.2) is 42.5 Å². The summed E-state index contributed by atoms with van der Waals surface area (Å²) in [5, 5.41) is 4.14. The quantitative estimate of drug-likeness (QED) is 0.876. The minimum atomic E-state index is -0.175. The molecule has 1 N–H and O–H groups in total. The fourth-order valence-corrected chi connectivity index (χ4v) is 2.75. The van der Waals surface area contributed by atoms with Crippen LogP contribution in [0.4, 0.5) is 0 Å². The van der Waals surface area contributed by atoms with Gasteiger partial charge in [-0.05, 0) is 36.8 Å². The van der Waals surface area contributed by atoms with Crippen molar-refractivity contribution in [2.45, 2.75) is 19.4 Å². The van der Waals surface area contributed by atoms with Gasteiger partial charge in [0.2, 0.25) is 5.91 Å². The molecule has 0 heterocycles. The van der Waals surface area contributed by atoms with Crippen LogP contribution < -0.4 is 10.1 Å². The van der Waals surface area contributed by atoms with Crippen LogP contribution in [0.1, 0.15) is 24.1 Å². The van der Waals surface area contributed by atoms with E-state index in [1.165, 1.54) is 0 Å². The maximum atomic E-state index is 12.2. The van der Waals surface area contributed by atoms with Crippen molar-refractivity contribution < 1.29 is 9.53 Å². The van der Waals surface area contributed by atoms with Gasteiger partial charge >= 0.3 is 0 Å². The van der Waals surface area contributed by atoms with Crippen LogP contribution in [0.25, 0.3) is 0 Å². The average Bonchev–Trinajstić information content (AvgIpc) is 2.47. The van der Waals surface area contributed by atoms with E-state index in [9.17, 15) is 4.79 Å². The third-order valence-corrected chi connectivity index (χ3v) is 3.92. The topological polar surface area (TPSA) is 38.3 Å². The zero-order chi connectivity index (χ0) is 16.1. The molecular formula is C17H17Cl2NO2. The van der Waals surface area contributed by atoms with Gasteiger partial charge in [-0.2, -0.15) is 0 Å². The van der Waals surface area contributed by atoms with Gasteiger partial charge in [-0.1, -0.05) is 41.4 Å². The summed E-state index contributed by atoms with van der Waals surface area (Å²) in [7, 11) is 1.57. The molecular weight excluding hydrogens is 321 g/mol. The van der Waals surface area contributed by atoms with Crippen molar-refractivity contribution in [3.63, 3.8) is 0 Å². The maximum Gasteiger partial charge on any atom is 0.225 e. The first-order valence-electron chi connectivity index (χ1n) is 6.87. The molecule has 0 saturated heterocycles. The zero-order valence-electron chi connectivity index (χ0n) is 12.4. The number of amides is 1. The van der Waals surface area contributed by atoms with Gasteiger partial charge in [-0.3, -0.25) is 4.79 Å². The monoisotopic (exact) mass is 337 g/mol. The van der Waals surface area contributed by atoms with E-state index in [0.717, 1.165) is 11.1 Å². The molecule has 0 bridgehead atoms. The molecule has 2 aromatic rings. The Morgan fingerprint density at radius 3 is 2.64 bits per heavy atom. The second kappa shape index (κ2) is 7.52. The molecule has 1 amide bonds. The van der Waals surface area contributed by atoms with Crippen molar-refractivity contribution in [1.82, 2.24) is 5.32 Å². The van der Waals surface area contributed by atoms with Gasteiger partial charge in [0.1, 0.15) is 5.75 Å². The van der Waals surface area contributed by atoms with E-state index in [4.69, 9.17) is 27.9 Å². The molecule has 5 heteroatoms. The Morgan fingerprint density at radius 1 is 1.23 bits per heavy atom. The van der Waals surface area contributed by atoms with E-state index < -0.39 is 0 Å². The summed E-state index contributed by atoms with van der Waals surface area (Å²) in [6.45, 7) is 1.90. The molecule has 1 atom stereocenters. The minimum Gasteiger partial charge on any atom is -0.496 e. The van der Waals surface area contributed by atoms with E-state index in [1.807, 2.05) is 25.1 Å². The van der Waals surface area contributed by atoms with E-state index >= 15 is 0 Å². The lowest BCUT2D eigenvalue weighted by Crippen LogP contribution is -2.28. The molecule has 0 spiro atoms. The van der Waals surface area contributed by atoms with E-state index in [2.05, 4.69) is 5.32 Å². The van der Waals surface area contributed by atoms with Gasteiger partial charge in [0.05, 0.1) is 19.6 Å². The standard InChI is InChI=1S/C17H17Cl2NO2/c1-11(14-5-3-4-6-15(14)19)20-17(21)10-12-9-13(18)7-8-16(12)22-2/h3-9,11H,10H2,1-2H3,(H,20,21). The zero-order valence-corrected chi connectivity index (χ0v) is 13.9. The number of carbonyl (C=O) groups is 1. The van der Waals surface area contributed by atoms with Crippen molar-refractivity contribution >= 4 is 29.1 Å². The third-order valence-electron chi connectivity index (χ3n) is 3.34. The molecule has 2 aromatic carbocycles. The number of hydrogen-bond acceptors (Lipinski definition) is 2. The lowest BCUT2D eigenvalue weighted by molar-refractivity contribution is -0.121. The van der Waals surface area contributed by atoms with Crippen LogP contribution >= 0.6 is 23.2 Å². The van der Waals surface area contributed by atoms with Crippen LogP contribution in [0, 0.1) is 0 Å². The maximum absolute atomic E-state index is 12.2. The third kappa shape index (κ3) is 4.15. The first kappa shape index (κ1) is 16.7. The van der Waals surface area contributed by atoms with E-state index in [0.29, 0.717) is 15.8 Å². The highest BCUT2D eigenvalue weighted by Crippen LogP contribution is 2.24. The summed E-state index contributed by atoms with van der Waals surface area (Å²) in [6.07, 6.45) is 0.193. The number of rotatable bonds is 5. The number of nitrogens with one attached hydrogen (secondary N) is 1. The lowest BCUT2D eigenvalue weighted by Gasteiger charge is -2.16. The Morgan fingerprint density at radius 2 is 1.95 bits per heavy atom. The van der Waals surface area contributed by atoms with Crippen LogP contribution in [0.2, 0.25) is 10.0 Å². The summed E-state index contributed by atoms with van der Waals surface area (Å²) < 4.78 is 5.25. The van der Waals surface area contributed by atoms with Gasteiger partial charge in [-0.15, -0.1) is 0 Å². The molecule has 116 valence electrons. The van der Waals surface area contributed by atoms with Gasteiger partial charge < -0.3 is 10.1 Å². The molecule has 1 unspecified atom stereocenters. The molecule has 3 nitrogen and oxygen atoms in total. The van der Waals surface area contributed by atoms with Crippen LogP contribution in [0.3, 0.4) is 0 Å². The second-order valence-electron chi connectivity index (χ2n) is 4.94. The Hall–Kier alpha value is -1.71. The predicted octanol–water partition coefficient (Wildman–Crippen LogP) is 4.42. The van der Waals surface area contributed by atoms with Gasteiger partial charge in [-0.25, -0.2) is 0 Å². The summed E-state index contributed by atoms with van der Waals surface area (Å²) >= 11 is 12.1. The van der Waals surface area contributed by atoms with Crippen LogP contribution in [0.5, 0.6) is 5.75 Å². The second-order valence-corrected chi connectivity index (χ2v) is 5.79. The summed E-state index contributed by atoms with van der Waals surface area (Å²) in [4.78, 5) is 12.2. The molecule has 0 fully saturated rings. The van der Waals surface area contributed by atoms with Crippen molar-refractivity contribution in [1.29, 1.82) is 0 Å². The van der Waals surface area contributed by atoms with Crippen molar-refractivity contribution in [2.24, 2.45) is 0 Å². The van der Waals surface area contributed by atoms with E-state index in [-0.39, 0.29) is 18.4 Å². The number of benzene rings is 2. The Labute approximate surface area is 140 Å². The molecule has 0 radical (unpaired) electrons. The normalized spacial score (nSPS) is 11.8. The first-order chi connectivity index (χ1) is 10.5. The highest BCUT2D eigenvalue weighted by molar-refractivity contribution is 6.31. The fraction of sp³-hybridized carbons (Fsp3) is 0.235. The predicted molar refractivity (Wildman–Crippen MR) is 89.7 cm³/mol. The SMILES string of the molecule is COc1ccc(Cl)cc1CC(=O)NC(C)c1ccccc1Cl. The number of ether oxygens (including phenoxy) is 1. The van der Waals surface area contributed by atoms with Gasteiger partial charge in [0, 0.05) is 15.6 Å². The van der Waals surface area contributed by atoms with Crippen molar-refractivity contribution in [2.75, 3.05) is 7.11 Å². The van der Waals surface area contributed by atoms with Gasteiger partial charge in [0.25, 0.3) is 0 Å². The number of methoxy groups -OCH3 is 1. The highest BCUT2D eigenvalue weighted by atomic mass is 35.5. The Bertz CT molecular complexity index is 673. The van der Waals surface area contributed by atoms with E-state index in [1.54, 1.807) is 31.4 Å². The molecule has 2 rings (SSSR count). The molecule has 0 aliphatic heterocycles. The lowest BCUT2D eigenvalue weighted by atomic mass is 10.1. The summed E-state index contributed by atoms with van der Waals surface area (Å²) in [5.74, 6) is 0.526. The smallest absolute Gasteiger partial charge is 0.225 e. The highest BCUT2D eigenvalue weighted by Gasteiger charge is 2.14. The summed E-state index contributed by atoms with van der Waals surface area (Å²) in [5.41, 5.74) is 1.63. The molecule has 22 heavy (non-hydrogen) atoms. The summed E-state index contributed by atoms with van der Waals surface area (Å²) in [6, 6.07) is 12.5. The minimum absolute atomic E-state index is 0.118. The molecule has 0 aromatic heterocycles. The van der Waals surface area contributed by atoms with Crippen LogP contribution in [-0.4, -0.2) is 13.0 Å². The number of halogens is 2. The van der Waals surface area contributed by atoms with Crippen molar-refractivity contribution in [3.8, 4) is 5.75 Å². The number of carbonyl (C=O) groups excluding carboxylic acids is 1. The van der Waals surface area contributed by atoms with Crippen LogP contribution in [-0.2, 0) is 11.2 Å². The average molecular weight is 338 g/mol. The Balaban J connectivity index is 2.07. The number of hydrogen-bond donors (Lipinski definition) is 1. The molecule has 0 aliphatic carbocycles. The van der Waals surface area contributed by atoms with Gasteiger partial charge in [0.15, 0.2) is 0 Å². The fourth-order valence-electron chi connectivity index (χ4n) is 2.25. The van der Waals surface area contributed by atoms with Crippen molar-refractivity contribution in [3.05, 3.63) is 63.6 Å². The largest absolute Gasteiger partial charge is 0.496 e. The first-order valence-corrected chi connectivity index (χ1v) is 7.63. The molecule has 0 saturated carbocycles. The Kier molecular flexibility index (Phi) is 5.69.